The van der Waals surface area contributed by atoms with Crippen LogP contribution in [0.1, 0.15) is 30.3 Å². The van der Waals surface area contributed by atoms with E-state index in [2.05, 4.69) is 10.3 Å². The Bertz CT molecular complexity index is 526. The fraction of sp³-hybridized carbons (Fsp3) is 0.267. The van der Waals surface area contributed by atoms with Gasteiger partial charge in [-0.05, 0) is 24.6 Å². The van der Waals surface area contributed by atoms with Crippen molar-refractivity contribution in [3.63, 3.8) is 0 Å². The monoisotopic (exact) mass is 280 g/mol. The van der Waals surface area contributed by atoms with Crippen LogP contribution in [0.4, 0.5) is 13.2 Å². The van der Waals surface area contributed by atoms with Gasteiger partial charge in [-0.25, -0.2) is 0 Å². The lowest BCUT2D eigenvalue weighted by Crippen LogP contribution is -2.36. The van der Waals surface area contributed by atoms with Gasteiger partial charge >= 0.3 is 6.18 Å². The maximum Gasteiger partial charge on any atom is 0.407 e. The van der Waals surface area contributed by atoms with Gasteiger partial charge in [0.25, 0.3) is 0 Å². The van der Waals surface area contributed by atoms with Crippen LogP contribution in [-0.2, 0) is 0 Å². The van der Waals surface area contributed by atoms with Crippen molar-refractivity contribution in [1.29, 1.82) is 0 Å². The minimum absolute atomic E-state index is 0.197. The minimum atomic E-state index is -4.36. The van der Waals surface area contributed by atoms with Crippen LogP contribution in [0.2, 0.25) is 0 Å². The van der Waals surface area contributed by atoms with Crippen LogP contribution in [0.5, 0.6) is 0 Å². The van der Waals surface area contributed by atoms with E-state index in [4.69, 9.17) is 0 Å². The fourth-order valence-electron chi connectivity index (χ4n) is 1.99. The Morgan fingerprint density at radius 2 is 1.65 bits per heavy atom. The minimum Gasteiger partial charge on any atom is -0.294 e. The standard InChI is InChI=1S/C15H15F3N2/c1-11(13-9-5-6-10-19-13)20-14(15(16,17)18)12-7-3-2-4-8-12/h2-11,14,20H,1H3/t11-,14?/m1/s1. The highest BCUT2D eigenvalue weighted by atomic mass is 19.4. The summed E-state index contributed by atoms with van der Waals surface area (Å²) in [6, 6.07) is 10.8. The largest absolute Gasteiger partial charge is 0.407 e. The zero-order chi connectivity index (χ0) is 14.6. The number of hydrogen-bond donors (Lipinski definition) is 1. The topological polar surface area (TPSA) is 24.9 Å². The summed E-state index contributed by atoms with van der Waals surface area (Å²) in [5, 5.41) is 2.60. The molecule has 1 unspecified atom stereocenters. The maximum atomic E-state index is 13.2. The summed E-state index contributed by atoms with van der Waals surface area (Å²) in [4.78, 5) is 4.08. The Kier molecular flexibility index (Phi) is 4.39. The quantitative estimate of drug-likeness (QED) is 0.914. The van der Waals surface area contributed by atoms with Crippen molar-refractivity contribution in [2.75, 3.05) is 0 Å². The molecule has 20 heavy (non-hydrogen) atoms. The molecule has 0 amide bonds. The van der Waals surface area contributed by atoms with Crippen LogP contribution in [0.25, 0.3) is 0 Å². The number of aromatic nitrogens is 1. The average molecular weight is 280 g/mol. The van der Waals surface area contributed by atoms with Crippen molar-refractivity contribution < 1.29 is 13.2 Å². The number of nitrogens with one attached hydrogen (secondary N) is 1. The summed E-state index contributed by atoms with van der Waals surface area (Å²) in [5.74, 6) is 0. The third-order valence-corrected chi connectivity index (χ3v) is 3.01. The number of pyridine rings is 1. The summed E-state index contributed by atoms with van der Waals surface area (Å²) in [7, 11) is 0. The van der Waals surface area contributed by atoms with Crippen molar-refractivity contribution >= 4 is 0 Å². The Hall–Kier alpha value is -1.88. The molecule has 0 fully saturated rings. The second-order valence-corrected chi connectivity index (χ2v) is 4.53. The number of hydrogen-bond acceptors (Lipinski definition) is 2. The van der Waals surface area contributed by atoms with Gasteiger partial charge in [0.2, 0.25) is 0 Å². The van der Waals surface area contributed by atoms with E-state index in [0.717, 1.165) is 0 Å². The molecule has 0 saturated heterocycles. The molecule has 0 spiro atoms. The van der Waals surface area contributed by atoms with Crippen molar-refractivity contribution in [2.24, 2.45) is 0 Å². The maximum absolute atomic E-state index is 13.2. The molecule has 1 aromatic heterocycles. The molecule has 2 nitrogen and oxygen atoms in total. The van der Waals surface area contributed by atoms with Crippen molar-refractivity contribution in [3.8, 4) is 0 Å². The van der Waals surface area contributed by atoms with Crippen LogP contribution in [0.15, 0.2) is 54.7 Å². The lowest BCUT2D eigenvalue weighted by atomic mass is 10.0. The fourth-order valence-corrected chi connectivity index (χ4v) is 1.99. The Labute approximate surface area is 115 Å². The van der Waals surface area contributed by atoms with Crippen molar-refractivity contribution in [1.82, 2.24) is 10.3 Å². The van der Waals surface area contributed by atoms with Crippen molar-refractivity contribution in [3.05, 3.63) is 66.0 Å². The average Bonchev–Trinajstić information content (AvgIpc) is 2.45. The number of alkyl halides is 3. The molecule has 2 rings (SSSR count). The van der Waals surface area contributed by atoms with Crippen LogP contribution in [-0.4, -0.2) is 11.2 Å². The molecule has 2 atom stereocenters. The number of benzene rings is 1. The normalized spacial score (nSPS) is 14.8. The van der Waals surface area contributed by atoms with E-state index in [1.807, 2.05) is 0 Å². The Balaban J connectivity index is 2.22. The van der Waals surface area contributed by atoms with E-state index in [0.29, 0.717) is 5.69 Å². The number of halogens is 3. The summed E-state index contributed by atoms with van der Waals surface area (Å²) in [6.45, 7) is 1.67. The van der Waals surface area contributed by atoms with Crippen LogP contribution in [0.3, 0.4) is 0 Å². The molecule has 0 aliphatic heterocycles. The predicted octanol–water partition coefficient (Wildman–Crippen LogP) is 4.04. The van der Waals surface area contributed by atoms with Gasteiger partial charge < -0.3 is 0 Å². The second kappa shape index (κ2) is 6.05. The summed E-state index contributed by atoms with van der Waals surface area (Å²) in [5.41, 5.74) is 0.778. The van der Waals surface area contributed by atoms with Crippen LogP contribution in [0, 0.1) is 0 Å². The molecular formula is C15H15F3N2. The van der Waals surface area contributed by atoms with Crippen LogP contribution >= 0.6 is 0 Å². The van der Waals surface area contributed by atoms with E-state index < -0.39 is 18.3 Å². The summed E-state index contributed by atoms with van der Waals surface area (Å²) in [6.07, 6.45) is -2.79. The molecule has 0 bridgehead atoms. The SMILES string of the molecule is C[C@@H](NC(c1ccccc1)C(F)(F)F)c1ccccn1. The smallest absolute Gasteiger partial charge is 0.294 e. The van der Waals surface area contributed by atoms with E-state index in [1.54, 1.807) is 49.5 Å². The molecular weight excluding hydrogens is 265 g/mol. The van der Waals surface area contributed by atoms with Gasteiger partial charge in [-0.1, -0.05) is 36.4 Å². The van der Waals surface area contributed by atoms with E-state index in [-0.39, 0.29) is 5.56 Å². The third-order valence-electron chi connectivity index (χ3n) is 3.01. The zero-order valence-corrected chi connectivity index (χ0v) is 10.9. The zero-order valence-electron chi connectivity index (χ0n) is 10.9. The number of nitrogens with zero attached hydrogens (tertiary/aromatic N) is 1. The summed E-state index contributed by atoms with van der Waals surface area (Å²) >= 11 is 0. The lowest BCUT2D eigenvalue weighted by molar-refractivity contribution is -0.159. The van der Waals surface area contributed by atoms with Gasteiger partial charge in [-0.15, -0.1) is 0 Å². The molecule has 1 aromatic carbocycles. The van der Waals surface area contributed by atoms with Gasteiger partial charge in [0, 0.05) is 12.2 Å². The summed E-state index contributed by atoms with van der Waals surface area (Å²) < 4.78 is 39.6. The van der Waals surface area contributed by atoms with E-state index >= 15 is 0 Å². The lowest BCUT2D eigenvalue weighted by Gasteiger charge is -2.25. The highest BCUT2D eigenvalue weighted by molar-refractivity contribution is 5.21. The van der Waals surface area contributed by atoms with Gasteiger partial charge in [0.05, 0.1) is 5.69 Å². The highest BCUT2D eigenvalue weighted by Crippen LogP contribution is 2.34. The first-order valence-electron chi connectivity index (χ1n) is 6.27. The van der Waals surface area contributed by atoms with Crippen LogP contribution < -0.4 is 5.32 Å². The first-order chi connectivity index (χ1) is 9.48. The molecule has 1 heterocycles. The Morgan fingerprint density at radius 1 is 1.00 bits per heavy atom. The van der Waals surface area contributed by atoms with Crippen molar-refractivity contribution in [2.45, 2.75) is 25.2 Å². The van der Waals surface area contributed by atoms with Gasteiger partial charge in [0.1, 0.15) is 6.04 Å². The molecule has 5 heteroatoms. The molecule has 0 aliphatic rings. The molecule has 0 radical (unpaired) electrons. The first kappa shape index (κ1) is 14.5. The molecule has 0 saturated carbocycles. The Morgan fingerprint density at radius 3 is 2.20 bits per heavy atom. The van der Waals surface area contributed by atoms with E-state index in [9.17, 15) is 13.2 Å². The third kappa shape index (κ3) is 3.57. The first-order valence-corrected chi connectivity index (χ1v) is 6.27. The second-order valence-electron chi connectivity index (χ2n) is 4.53. The molecule has 106 valence electrons. The molecule has 0 aliphatic carbocycles. The number of rotatable bonds is 4. The molecule has 1 N–H and O–H groups in total. The van der Waals surface area contributed by atoms with Gasteiger partial charge in [-0.2, -0.15) is 13.2 Å². The van der Waals surface area contributed by atoms with Gasteiger partial charge in [0.15, 0.2) is 0 Å². The van der Waals surface area contributed by atoms with E-state index in [1.165, 1.54) is 12.1 Å². The predicted molar refractivity (Wildman–Crippen MR) is 71.0 cm³/mol. The highest BCUT2D eigenvalue weighted by Gasteiger charge is 2.41. The molecule has 2 aromatic rings. The van der Waals surface area contributed by atoms with Gasteiger partial charge in [-0.3, -0.25) is 10.3 Å².